The lowest BCUT2D eigenvalue weighted by molar-refractivity contribution is -0.143. The summed E-state index contributed by atoms with van der Waals surface area (Å²) in [6.07, 6.45) is 2.98. The van der Waals surface area contributed by atoms with Gasteiger partial charge in [0.25, 0.3) is 0 Å². The Bertz CT molecular complexity index is 1340. The number of fused-ring (bicyclic) bond motifs is 2. The van der Waals surface area contributed by atoms with Crippen molar-refractivity contribution in [1.82, 2.24) is 9.80 Å². The van der Waals surface area contributed by atoms with E-state index in [2.05, 4.69) is 0 Å². The topological polar surface area (TPSA) is 98.5 Å². The molecule has 0 saturated carbocycles. The molecule has 0 unspecified atom stereocenters. The maximum Gasteiger partial charge on any atom is 0.249 e. The summed E-state index contributed by atoms with van der Waals surface area (Å²) in [6.45, 7) is 2.49. The highest BCUT2D eigenvalue weighted by atomic mass is 35.5. The summed E-state index contributed by atoms with van der Waals surface area (Å²) >= 11 is 6.09. The molecule has 2 heterocycles. The molecule has 2 amide bonds. The molecular weight excluding hydrogens is 500 g/mol. The quantitative estimate of drug-likeness (QED) is 0.371. The van der Waals surface area contributed by atoms with E-state index in [9.17, 15) is 14.4 Å². The Hall–Kier alpha value is -3.56. The molecule has 1 aliphatic heterocycles. The van der Waals surface area contributed by atoms with Gasteiger partial charge in [-0.05, 0) is 42.3 Å². The second kappa shape index (κ2) is 12.1. The number of ether oxygens (including phenoxy) is 3. The van der Waals surface area contributed by atoms with Gasteiger partial charge < -0.3 is 28.4 Å². The molecule has 9 nitrogen and oxygen atoms in total. The molecule has 10 heteroatoms. The predicted molar refractivity (Wildman–Crippen MR) is 138 cm³/mol. The molecular formula is C27H29ClN2O7. The smallest absolute Gasteiger partial charge is 0.249 e. The van der Waals surface area contributed by atoms with Gasteiger partial charge in [0, 0.05) is 25.2 Å². The van der Waals surface area contributed by atoms with Gasteiger partial charge in [-0.25, -0.2) is 0 Å². The van der Waals surface area contributed by atoms with E-state index in [4.69, 9.17) is 30.2 Å². The van der Waals surface area contributed by atoms with Crippen molar-refractivity contribution >= 4 is 34.4 Å². The number of methoxy groups -OCH3 is 1. The van der Waals surface area contributed by atoms with Crippen LogP contribution < -0.4 is 14.9 Å². The van der Waals surface area contributed by atoms with Crippen LogP contribution in [0.3, 0.4) is 0 Å². The lowest BCUT2D eigenvalue weighted by Gasteiger charge is -2.28. The van der Waals surface area contributed by atoms with E-state index in [0.29, 0.717) is 39.6 Å². The SMILES string of the molecule is CCCCN(CC(=O)N(Cc1ccc2c(c1)OCO2)Cc1coc2ccc(Cl)cc2c1=O)C(=O)COC. The lowest BCUT2D eigenvalue weighted by atomic mass is 10.1. The first kappa shape index (κ1) is 26.5. The summed E-state index contributed by atoms with van der Waals surface area (Å²) in [7, 11) is 1.44. The van der Waals surface area contributed by atoms with Crippen molar-refractivity contribution in [3.63, 3.8) is 0 Å². The van der Waals surface area contributed by atoms with Crippen molar-refractivity contribution in [2.24, 2.45) is 0 Å². The molecule has 0 N–H and O–H groups in total. The minimum Gasteiger partial charge on any atom is -0.464 e. The van der Waals surface area contributed by atoms with E-state index in [1.165, 1.54) is 23.2 Å². The molecule has 1 aliphatic rings. The molecule has 0 fully saturated rings. The van der Waals surface area contributed by atoms with Gasteiger partial charge >= 0.3 is 0 Å². The third-order valence-electron chi connectivity index (χ3n) is 6.06. The third kappa shape index (κ3) is 6.42. The standard InChI is InChI=1S/C27H29ClN2O7/c1-3-4-9-29(26(32)16-34-2)14-25(31)30(12-18-5-7-23-24(10-18)37-17-36-23)13-19-15-35-22-8-6-20(28)11-21(22)27(19)33/h5-8,10-11,15H,3-4,9,12-14,16-17H2,1-2H3. The largest absolute Gasteiger partial charge is 0.464 e. The minimum absolute atomic E-state index is 0.0157. The Morgan fingerprint density at radius 2 is 1.84 bits per heavy atom. The highest BCUT2D eigenvalue weighted by Gasteiger charge is 2.24. The van der Waals surface area contributed by atoms with Gasteiger partial charge in [-0.1, -0.05) is 31.0 Å². The molecule has 2 aromatic carbocycles. The lowest BCUT2D eigenvalue weighted by Crippen LogP contribution is -2.44. The van der Waals surface area contributed by atoms with E-state index in [-0.39, 0.29) is 50.3 Å². The van der Waals surface area contributed by atoms with Gasteiger partial charge in [0.2, 0.25) is 18.6 Å². The molecule has 0 aliphatic carbocycles. The molecule has 1 aromatic heterocycles. The first-order valence-electron chi connectivity index (χ1n) is 12.0. The van der Waals surface area contributed by atoms with Crippen LogP contribution in [0.4, 0.5) is 0 Å². The van der Waals surface area contributed by atoms with E-state index < -0.39 is 0 Å². The van der Waals surface area contributed by atoms with Gasteiger partial charge in [-0.15, -0.1) is 0 Å². The Morgan fingerprint density at radius 3 is 2.62 bits per heavy atom. The van der Waals surface area contributed by atoms with Crippen molar-refractivity contribution in [3.05, 3.63) is 69.0 Å². The number of carbonyl (C=O) groups excluding carboxylic acids is 2. The highest BCUT2D eigenvalue weighted by molar-refractivity contribution is 6.31. The zero-order valence-corrected chi connectivity index (χ0v) is 21.6. The fraction of sp³-hybridized carbons (Fsp3) is 0.370. The number of benzene rings is 2. The zero-order chi connectivity index (χ0) is 26.4. The van der Waals surface area contributed by atoms with Crippen LogP contribution in [-0.4, -0.2) is 55.2 Å². The van der Waals surface area contributed by atoms with Crippen molar-refractivity contribution in [2.75, 3.05) is 33.6 Å². The van der Waals surface area contributed by atoms with Gasteiger partial charge in [0.05, 0.1) is 30.3 Å². The van der Waals surface area contributed by atoms with E-state index in [0.717, 1.165) is 18.4 Å². The van der Waals surface area contributed by atoms with Crippen LogP contribution in [0.5, 0.6) is 11.5 Å². The number of hydrogen-bond acceptors (Lipinski definition) is 7. The summed E-state index contributed by atoms with van der Waals surface area (Å²) in [5.41, 5.74) is 1.22. The summed E-state index contributed by atoms with van der Waals surface area (Å²) in [5.74, 6) is 0.630. The van der Waals surface area contributed by atoms with Gasteiger partial charge in [-0.3, -0.25) is 14.4 Å². The van der Waals surface area contributed by atoms with Crippen molar-refractivity contribution in [3.8, 4) is 11.5 Å². The molecule has 4 rings (SSSR count). The molecule has 0 radical (unpaired) electrons. The van der Waals surface area contributed by atoms with Gasteiger partial charge in [-0.2, -0.15) is 0 Å². The van der Waals surface area contributed by atoms with Crippen molar-refractivity contribution in [2.45, 2.75) is 32.9 Å². The second-order valence-corrected chi connectivity index (χ2v) is 9.21. The van der Waals surface area contributed by atoms with Gasteiger partial charge in [0.15, 0.2) is 16.9 Å². The zero-order valence-electron chi connectivity index (χ0n) is 20.8. The number of amides is 2. The number of hydrogen-bond donors (Lipinski definition) is 0. The number of nitrogens with zero attached hydrogens (tertiary/aromatic N) is 2. The highest BCUT2D eigenvalue weighted by Crippen LogP contribution is 2.33. The number of unbranched alkanes of at least 4 members (excludes halogenated alkanes) is 1. The monoisotopic (exact) mass is 528 g/mol. The summed E-state index contributed by atoms with van der Waals surface area (Å²) in [5, 5.41) is 0.744. The molecule has 0 atom stereocenters. The number of halogens is 1. The van der Waals surface area contributed by atoms with Crippen LogP contribution in [0.25, 0.3) is 11.0 Å². The average Bonchev–Trinajstić information content (AvgIpc) is 3.36. The number of rotatable bonds is 11. The molecule has 0 spiro atoms. The maximum atomic E-state index is 13.6. The Labute approximate surface area is 219 Å². The first-order valence-corrected chi connectivity index (χ1v) is 12.4. The first-order chi connectivity index (χ1) is 17.9. The Morgan fingerprint density at radius 1 is 1.03 bits per heavy atom. The third-order valence-corrected chi connectivity index (χ3v) is 6.29. The minimum atomic E-state index is -0.316. The van der Waals surface area contributed by atoms with Crippen molar-refractivity contribution < 1.29 is 28.2 Å². The predicted octanol–water partition coefficient (Wildman–Crippen LogP) is 3.98. The second-order valence-electron chi connectivity index (χ2n) is 8.77. The normalized spacial score (nSPS) is 12.1. The van der Waals surface area contributed by atoms with E-state index in [1.807, 2.05) is 13.0 Å². The van der Waals surface area contributed by atoms with Crippen LogP contribution in [0, 0.1) is 0 Å². The number of carbonyl (C=O) groups is 2. The molecule has 3 aromatic rings. The Balaban J connectivity index is 1.63. The molecule has 37 heavy (non-hydrogen) atoms. The van der Waals surface area contributed by atoms with Gasteiger partial charge in [0.1, 0.15) is 12.2 Å². The summed E-state index contributed by atoms with van der Waals surface area (Å²) in [6, 6.07) is 10.2. The van der Waals surface area contributed by atoms with Crippen LogP contribution in [0.2, 0.25) is 5.02 Å². The fourth-order valence-electron chi connectivity index (χ4n) is 4.07. The van der Waals surface area contributed by atoms with Crippen LogP contribution in [0.1, 0.15) is 30.9 Å². The van der Waals surface area contributed by atoms with Crippen LogP contribution in [0.15, 0.2) is 51.9 Å². The fourth-order valence-corrected chi connectivity index (χ4v) is 4.24. The Kier molecular flexibility index (Phi) is 8.68. The van der Waals surface area contributed by atoms with E-state index in [1.54, 1.807) is 30.3 Å². The molecule has 0 bridgehead atoms. The van der Waals surface area contributed by atoms with Crippen LogP contribution >= 0.6 is 11.6 Å². The molecule has 196 valence electrons. The van der Waals surface area contributed by atoms with E-state index >= 15 is 0 Å². The average molecular weight is 529 g/mol. The maximum absolute atomic E-state index is 13.6. The van der Waals surface area contributed by atoms with Crippen LogP contribution in [-0.2, 0) is 27.4 Å². The van der Waals surface area contributed by atoms with Crippen molar-refractivity contribution in [1.29, 1.82) is 0 Å². The summed E-state index contributed by atoms with van der Waals surface area (Å²) < 4.78 is 21.5. The molecule has 0 saturated heterocycles. The summed E-state index contributed by atoms with van der Waals surface area (Å²) in [4.78, 5) is 42.4.